The summed E-state index contributed by atoms with van der Waals surface area (Å²) < 4.78 is 5.28. The summed E-state index contributed by atoms with van der Waals surface area (Å²) in [5, 5.41) is 0. The predicted octanol–water partition coefficient (Wildman–Crippen LogP) is 4.58. The minimum absolute atomic E-state index is 0. The number of rotatable bonds is 8. The lowest BCUT2D eigenvalue weighted by atomic mass is 10.1. The van der Waals surface area contributed by atoms with Crippen LogP contribution in [0.2, 0.25) is 0 Å². The SMILES string of the molecule is C.C.COC(CCSCc1ccccc1)CC(C)=O. The highest BCUT2D eigenvalue weighted by Gasteiger charge is 2.09. The van der Waals surface area contributed by atoms with E-state index in [1.54, 1.807) is 14.0 Å². The Morgan fingerprint density at radius 1 is 1.26 bits per heavy atom. The number of methoxy groups -OCH3 is 1. The van der Waals surface area contributed by atoms with Crippen molar-refractivity contribution < 1.29 is 9.53 Å². The van der Waals surface area contributed by atoms with Gasteiger partial charge in [-0.15, -0.1) is 0 Å². The quantitative estimate of drug-likeness (QED) is 0.654. The Morgan fingerprint density at radius 2 is 1.89 bits per heavy atom. The summed E-state index contributed by atoms with van der Waals surface area (Å²) in [6.45, 7) is 1.61. The van der Waals surface area contributed by atoms with E-state index < -0.39 is 0 Å². The van der Waals surface area contributed by atoms with Crippen LogP contribution in [0.25, 0.3) is 0 Å². The van der Waals surface area contributed by atoms with Crippen molar-refractivity contribution >= 4 is 17.5 Å². The van der Waals surface area contributed by atoms with Crippen LogP contribution in [-0.4, -0.2) is 24.7 Å². The van der Waals surface area contributed by atoms with Gasteiger partial charge in [-0.05, 0) is 24.7 Å². The first-order valence-electron chi connectivity index (χ1n) is 5.86. The molecule has 0 aromatic heterocycles. The first-order chi connectivity index (χ1) is 8.22. The van der Waals surface area contributed by atoms with Crippen molar-refractivity contribution in [1.29, 1.82) is 0 Å². The number of thioether (sulfide) groups is 1. The van der Waals surface area contributed by atoms with Crippen molar-refractivity contribution in [3.63, 3.8) is 0 Å². The van der Waals surface area contributed by atoms with Crippen molar-refractivity contribution in [2.45, 2.75) is 46.5 Å². The van der Waals surface area contributed by atoms with Crippen LogP contribution in [0.3, 0.4) is 0 Å². The second kappa shape index (κ2) is 12.2. The van der Waals surface area contributed by atoms with Crippen LogP contribution in [0.1, 0.15) is 40.2 Å². The van der Waals surface area contributed by atoms with Gasteiger partial charge in [-0.1, -0.05) is 45.2 Å². The molecule has 110 valence electrons. The molecule has 0 saturated heterocycles. The average Bonchev–Trinajstić information content (AvgIpc) is 2.34. The zero-order valence-corrected chi connectivity index (χ0v) is 11.3. The molecule has 1 atom stereocenters. The number of ketones is 1. The Balaban J connectivity index is 0. The molecule has 0 spiro atoms. The maximum absolute atomic E-state index is 11.0. The maximum atomic E-state index is 11.0. The van der Waals surface area contributed by atoms with Crippen molar-refractivity contribution in [2.75, 3.05) is 12.9 Å². The summed E-state index contributed by atoms with van der Waals surface area (Å²) in [5.74, 6) is 2.25. The Labute approximate surface area is 122 Å². The average molecular weight is 284 g/mol. The highest BCUT2D eigenvalue weighted by atomic mass is 32.2. The molecular formula is C16H28O2S. The molecule has 0 amide bonds. The fourth-order valence-corrected chi connectivity index (χ4v) is 2.60. The van der Waals surface area contributed by atoms with Crippen LogP contribution in [0.4, 0.5) is 0 Å². The highest BCUT2D eigenvalue weighted by Crippen LogP contribution is 2.15. The topological polar surface area (TPSA) is 26.3 Å². The van der Waals surface area contributed by atoms with E-state index in [0.29, 0.717) is 6.42 Å². The van der Waals surface area contributed by atoms with Crippen LogP contribution in [0, 0.1) is 0 Å². The number of hydrogen-bond donors (Lipinski definition) is 0. The number of benzene rings is 1. The maximum Gasteiger partial charge on any atom is 0.132 e. The molecule has 1 aromatic carbocycles. The minimum atomic E-state index is 0. The van der Waals surface area contributed by atoms with Gasteiger partial charge in [0.1, 0.15) is 5.78 Å². The molecule has 0 bridgehead atoms. The lowest BCUT2D eigenvalue weighted by molar-refractivity contribution is -0.119. The van der Waals surface area contributed by atoms with E-state index in [4.69, 9.17) is 4.74 Å². The van der Waals surface area contributed by atoms with Crippen LogP contribution in [0.15, 0.2) is 30.3 Å². The van der Waals surface area contributed by atoms with E-state index in [1.807, 2.05) is 17.8 Å². The number of carbonyl (C=O) groups is 1. The first kappa shape index (κ1) is 20.5. The van der Waals surface area contributed by atoms with E-state index in [2.05, 4.69) is 24.3 Å². The van der Waals surface area contributed by atoms with Crippen molar-refractivity contribution in [3.05, 3.63) is 35.9 Å². The molecule has 1 unspecified atom stereocenters. The van der Waals surface area contributed by atoms with Crippen LogP contribution >= 0.6 is 11.8 Å². The van der Waals surface area contributed by atoms with E-state index in [0.717, 1.165) is 17.9 Å². The van der Waals surface area contributed by atoms with E-state index >= 15 is 0 Å². The van der Waals surface area contributed by atoms with Crippen LogP contribution in [0.5, 0.6) is 0 Å². The molecule has 0 fully saturated rings. The Hall–Kier alpha value is -0.800. The van der Waals surface area contributed by atoms with Gasteiger partial charge in [0.25, 0.3) is 0 Å². The summed E-state index contributed by atoms with van der Waals surface area (Å²) in [6.07, 6.45) is 1.55. The normalized spacial score (nSPS) is 11.1. The monoisotopic (exact) mass is 284 g/mol. The molecule has 0 aliphatic carbocycles. The molecule has 0 aliphatic heterocycles. The minimum Gasteiger partial charge on any atom is -0.381 e. The molecule has 0 heterocycles. The molecule has 19 heavy (non-hydrogen) atoms. The second-order valence-electron chi connectivity index (χ2n) is 4.09. The zero-order chi connectivity index (χ0) is 12.5. The van der Waals surface area contributed by atoms with Crippen molar-refractivity contribution in [1.82, 2.24) is 0 Å². The van der Waals surface area contributed by atoms with Gasteiger partial charge in [-0.3, -0.25) is 4.79 Å². The molecule has 0 aliphatic rings. The van der Waals surface area contributed by atoms with Gasteiger partial charge in [0, 0.05) is 19.3 Å². The third kappa shape index (κ3) is 9.74. The number of ether oxygens (including phenoxy) is 1. The van der Waals surface area contributed by atoms with Gasteiger partial charge in [0.15, 0.2) is 0 Å². The van der Waals surface area contributed by atoms with E-state index in [-0.39, 0.29) is 26.7 Å². The van der Waals surface area contributed by atoms with Gasteiger partial charge in [-0.2, -0.15) is 11.8 Å². The molecule has 0 saturated carbocycles. The van der Waals surface area contributed by atoms with Gasteiger partial charge in [0.05, 0.1) is 6.10 Å². The van der Waals surface area contributed by atoms with E-state index in [9.17, 15) is 4.79 Å². The van der Waals surface area contributed by atoms with Crippen molar-refractivity contribution in [2.24, 2.45) is 0 Å². The lowest BCUT2D eigenvalue weighted by Crippen LogP contribution is -2.15. The van der Waals surface area contributed by atoms with E-state index in [1.165, 1.54) is 5.56 Å². The van der Waals surface area contributed by atoms with Crippen molar-refractivity contribution in [3.8, 4) is 0 Å². The zero-order valence-electron chi connectivity index (χ0n) is 10.5. The molecule has 1 rings (SSSR count). The molecule has 1 aromatic rings. The van der Waals surface area contributed by atoms with Gasteiger partial charge >= 0.3 is 0 Å². The van der Waals surface area contributed by atoms with Crippen LogP contribution in [-0.2, 0) is 15.3 Å². The summed E-state index contributed by atoms with van der Waals surface area (Å²) in [5.41, 5.74) is 1.35. The molecule has 0 N–H and O–H groups in total. The van der Waals surface area contributed by atoms with Crippen LogP contribution < -0.4 is 0 Å². The number of Topliss-reactive ketones (excluding diaryl/α,β-unsaturated/α-hetero) is 1. The summed E-state index contributed by atoms with van der Waals surface area (Å²) in [4.78, 5) is 11.0. The molecule has 2 nitrogen and oxygen atoms in total. The number of carbonyl (C=O) groups excluding carboxylic acids is 1. The molecule has 3 heteroatoms. The summed E-state index contributed by atoms with van der Waals surface area (Å²) >= 11 is 1.89. The number of hydrogen-bond acceptors (Lipinski definition) is 3. The largest absolute Gasteiger partial charge is 0.381 e. The Bertz CT molecular complexity index is 325. The van der Waals surface area contributed by atoms with Gasteiger partial charge < -0.3 is 4.74 Å². The van der Waals surface area contributed by atoms with Gasteiger partial charge in [-0.25, -0.2) is 0 Å². The molecular weight excluding hydrogens is 256 g/mol. The Kier molecular flexibility index (Phi) is 13.2. The fraction of sp³-hybridized carbons (Fsp3) is 0.562. The molecule has 0 radical (unpaired) electrons. The third-order valence-electron chi connectivity index (χ3n) is 2.54. The highest BCUT2D eigenvalue weighted by molar-refractivity contribution is 7.98. The third-order valence-corrected chi connectivity index (χ3v) is 3.61. The summed E-state index contributed by atoms with van der Waals surface area (Å²) in [6, 6.07) is 10.4. The smallest absolute Gasteiger partial charge is 0.132 e. The Morgan fingerprint density at radius 3 is 2.42 bits per heavy atom. The summed E-state index contributed by atoms with van der Waals surface area (Å²) in [7, 11) is 1.68. The first-order valence-corrected chi connectivity index (χ1v) is 7.01. The fourth-order valence-electron chi connectivity index (χ4n) is 1.60. The second-order valence-corrected chi connectivity index (χ2v) is 5.20. The van der Waals surface area contributed by atoms with Gasteiger partial charge in [0.2, 0.25) is 0 Å². The lowest BCUT2D eigenvalue weighted by Gasteiger charge is -2.13. The predicted molar refractivity (Wildman–Crippen MR) is 86.8 cm³/mol. The standard InChI is InChI=1S/C14H20O2S.2CH4/c1-12(15)10-14(16-2)8-9-17-11-13-6-4-3-5-7-13;;/h3-7,14H,8-11H2,1-2H3;2*1H4.